The fraction of sp³-hybridized carbons (Fsp3) is 0.294. The van der Waals surface area contributed by atoms with Crippen LogP contribution in [0, 0.1) is 0 Å². The minimum atomic E-state index is -0.346. The van der Waals surface area contributed by atoms with Crippen LogP contribution in [0.15, 0.2) is 18.5 Å². The third kappa shape index (κ3) is 2.95. The van der Waals surface area contributed by atoms with Crippen LogP contribution in [0.4, 0.5) is 5.13 Å². The lowest BCUT2D eigenvalue weighted by molar-refractivity contribution is 0.102. The number of ether oxygens (including phenoxy) is 1. The van der Waals surface area contributed by atoms with Crippen molar-refractivity contribution < 1.29 is 9.53 Å². The van der Waals surface area contributed by atoms with Gasteiger partial charge in [-0.3, -0.25) is 14.8 Å². The minimum Gasteiger partial charge on any atom is -0.477 e. The average molecular weight is 390 g/mol. The number of amides is 1. The van der Waals surface area contributed by atoms with E-state index >= 15 is 0 Å². The van der Waals surface area contributed by atoms with Gasteiger partial charge in [-0.25, -0.2) is 9.97 Å². The van der Waals surface area contributed by atoms with Gasteiger partial charge in [-0.1, -0.05) is 11.6 Å². The number of thiazole rings is 1. The summed E-state index contributed by atoms with van der Waals surface area (Å²) in [5, 5.41) is 8.07. The number of carbonyl (C=O) groups is 1. The van der Waals surface area contributed by atoms with E-state index in [4.69, 9.17) is 16.3 Å². The summed E-state index contributed by atoms with van der Waals surface area (Å²) in [6.07, 6.45) is 5.08. The van der Waals surface area contributed by atoms with Crippen molar-refractivity contribution in [3.63, 3.8) is 0 Å². The molecule has 7 nitrogen and oxygen atoms in total. The number of rotatable bonds is 4. The zero-order valence-corrected chi connectivity index (χ0v) is 15.8. The quantitative estimate of drug-likeness (QED) is 0.740. The fourth-order valence-electron chi connectivity index (χ4n) is 2.98. The van der Waals surface area contributed by atoms with E-state index < -0.39 is 0 Å². The summed E-state index contributed by atoms with van der Waals surface area (Å²) < 4.78 is 7.30. The highest BCUT2D eigenvalue weighted by atomic mass is 35.5. The summed E-state index contributed by atoms with van der Waals surface area (Å²) in [6.45, 7) is 2.24. The van der Waals surface area contributed by atoms with Gasteiger partial charge in [-0.2, -0.15) is 5.10 Å². The van der Waals surface area contributed by atoms with E-state index in [1.54, 1.807) is 6.07 Å². The number of carbonyl (C=O) groups excluding carboxylic acids is 1. The molecule has 3 heterocycles. The van der Waals surface area contributed by atoms with Crippen molar-refractivity contribution in [1.82, 2.24) is 19.7 Å². The number of fused-ring (bicyclic) bond motifs is 3. The summed E-state index contributed by atoms with van der Waals surface area (Å²) in [5.41, 5.74) is 3.38. The van der Waals surface area contributed by atoms with Gasteiger partial charge in [-0.05, 0) is 25.8 Å². The van der Waals surface area contributed by atoms with Gasteiger partial charge in [0.1, 0.15) is 5.56 Å². The Hall–Kier alpha value is -2.45. The highest BCUT2D eigenvalue weighted by Crippen LogP contribution is 2.38. The van der Waals surface area contributed by atoms with E-state index in [1.807, 2.05) is 24.9 Å². The number of anilines is 1. The lowest BCUT2D eigenvalue weighted by Gasteiger charge is -2.10. The maximum absolute atomic E-state index is 12.7. The molecule has 0 aliphatic heterocycles. The van der Waals surface area contributed by atoms with Gasteiger partial charge in [0.15, 0.2) is 5.13 Å². The predicted octanol–water partition coefficient (Wildman–Crippen LogP) is 3.34. The molecule has 0 radical (unpaired) electrons. The number of halogens is 1. The number of nitrogens with one attached hydrogen (secondary N) is 1. The highest BCUT2D eigenvalue weighted by Gasteiger charge is 2.25. The first-order valence-electron chi connectivity index (χ1n) is 8.17. The minimum absolute atomic E-state index is 0.255. The molecule has 3 aromatic rings. The number of aryl methyl sites for hydroxylation is 2. The molecule has 4 rings (SSSR count). The zero-order valence-electron chi connectivity index (χ0n) is 14.2. The van der Waals surface area contributed by atoms with E-state index in [0.717, 1.165) is 29.0 Å². The molecule has 0 bridgehead atoms. The Kier molecular flexibility index (Phi) is 4.37. The van der Waals surface area contributed by atoms with Gasteiger partial charge in [0.2, 0.25) is 5.88 Å². The van der Waals surface area contributed by atoms with Crippen LogP contribution in [0.25, 0.3) is 11.3 Å². The van der Waals surface area contributed by atoms with Crippen molar-refractivity contribution in [3.05, 3.63) is 39.6 Å². The van der Waals surface area contributed by atoms with E-state index in [-0.39, 0.29) is 17.4 Å². The first-order chi connectivity index (χ1) is 12.6. The highest BCUT2D eigenvalue weighted by molar-refractivity contribution is 7.16. The molecule has 9 heteroatoms. The Bertz CT molecular complexity index is 997. The van der Waals surface area contributed by atoms with E-state index in [0.29, 0.717) is 16.8 Å². The molecule has 0 saturated heterocycles. The molecule has 0 spiro atoms. The van der Waals surface area contributed by atoms with Crippen LogP contribution >= 0.6 is 22.9 Å². The summed E-state index contributed by atoms with van der Waals surface area (Å²) in [4.78, 5) is 22.5. The lowest BCUT2D eigenvalue weighted by Crippen LogP contribution is -2.14. The molecule has 0 atom stereocenters. The summed E-state index contributed by atoms with van der Waals surface area (Å²) in [5.74, 6) is -0.0915. The Balaban J connectivity index is 1.63. The normalized spacial score (nSPS) is 12.4. The maximum atomic E-state index is 12.7. The molecule has 0 saturated carbocycles. The molecule has 0 unspecified atom stereocenters. The lowest BCUT2D eigenvalue weighted by atomic mass is 10.0. The number of hydrogen-bond acceptors (Lipinski definition) is 6. The standard InChI is InChI=1S/C17H16ClN5O2S/c1-3-25-16-10(6-9(18)7-19-16)15(24)22-17-21-14-11-8-20-23(2)12(11)4-5-13(14)26-17/h6-8H,3-5H2,1-2H3,(H,21,22,24). The summed E-state index contributed by atoms with van der Waals surface area (Å²) >= 11 is 7.47. The van der Waals surface area contributed by atoms with Crippen LogP contribution in [0.5, 0.6) is 5.88 Å². The first-order valence-corrected chi connectivity index (χ1v) is 9.37. The molecule has 0 fully saturated rings. The van der Waals surface area contributed by atoms with Crippen molar-refractivity contribution >= 4 is 34.0 Å². The predicted molar refractivity (Wildman–Crippen MR) is 100 cm³/mol. The molecule has 0 aromatic carbocycles. The first kappa shape index (κ1) is 17.0. The van der Waals surface area contributed by atoms with Crippen molar-refractivity contribution in [2.75, 3.05) is 11.9 Å². The molecule has 1 amide bonds. The van der Waals surface area contributed by atoms with Crippen LogP contribution in [0.3, 0.4) is 0 Å². The fourth-order valence-corrected chi connectivity index (χ4v) is 4.11. The van der Waals surface area contributed by atoms with Crippen molar-refractivity contribution in [1.29, 1.82) is 0 Å². The van der Waals surface area contributed by atoms with Crippen molar-refractivity contribution in [2.24, 2.45) is 7.05 Å². The van der Waals surface area contributed by atoms with E-state index in [1.165, 1.54) is 23.2 Å². The zero-order chi connectivity index (χ0) is 18.3. The molecule has 26 heavy (non-hydrogen) atoms. The average Bonchev–Trinajstić information content (AvgIpc) is 3.19. The number of pyridine rings is 1. The molecule has 3 aromatic heterocycles. The second kappa shape index (κ2) is 6.69. The molecule has 134 valence electrons. The molecular weight excluding hydrogens is 374 g/mol. The molecule has 1 N–H and O–H groups in total. The number of hydrogen-bond donors (Lipinski definition) is 1. The van der Waals surface area contributed by atoms with Crippen LogP contribution in [0.1, 0.15) is 27.9 Å². The number of aromatic nitrogens is 4. The van der Waals surface area contributed by atoms with Crippen LogP contribution in [-0.4, -0.2) is 32.3 Å². The molecular formula is C17H16ClN5O2S. The van der Waals surface area contributed by atoms with E-state index in [9.17, 15) is 4.79 Å². The Morgan fingerprint density at radius 1 is 1.42 bits per heavy atom. The largest absolute Gasteiger partial charge is 0.477 e. The van der Waals surface area contributed by atoms with Gasteiger partial charge in [0.05, 0.1) is 23.5 Å². The second-order valence-electron chi connectivity index (χ2n) is 5.81. The SMILES string of the molecule is CCOc1ncc(Cl)cc1C(=O)Nc1nc2c(s1)CCc1c-2cnn1C. The van der Waals surface area contributed by atoms with Crippen LogP contribution < -0.4 is 10.1 Å². The maximum Gasteiger partial charge on any atom is 0.262 e. The van der Waals surface area contributed by atoms with Gasteiger partial charge in [0, 0.05) is 29.4 Å². The molecule has 1 aliphatic rings. The van der Waals surface area contributed by atoms with Gasteiger partial charge >= 0.3 is 0 Å². The Morgan fingerprint density at radius 2 is 2.27 bits per heavy atom. The van der Waals surface area contributed by atoms with E-state index in [2.05, 4.69) is 20.4 Å². The Morgan fingerprint density at radius 3 is 3.08 bits per heavy atom. The monoisotopic (exact) mass is 389 g/mol. The van der Waals surface area contributed by atoms with Crippen molar-refractivity contribution in [3.8, 4) is 17.1 Å². The molecule has 1 aliphatic carbocycles. The van der Waals surface area contributed by atoms with Gasteiger partial charge < -0.3 is 4.74 Å². The smallest absolute Gasteiger partial charge is 0.262 e. The van der Waals surface area contributed by atoms with Gasteiger partial charge in [-0.15, -0.1) is 11.3 Å². The topological polar surface area (TPSA) is 81.9 Å². The second-order valence-corrected chi connectivity index (χ2v) is 7.33. The van der Waals surface area contributed by atoms with Crippen LogP contribution in [-0.2, 0) is 19.9 Å². The number of nitrogens with zero attached hydrogens (tertiary/aromatic N) is 4. The third-order valence-corrected chi connectivity index (χ3v) is 5.40. The Labute approximate surface area is 159 Å². The summed E-state index contributed by atoms with van der Waals surface area (Å²) in [7, 11) is 1.93. The summed E-state index contributed by atoms with van der Waals surface area (Å²) in [6, 6.07) is 1.54. The van der Waals surface area contributed by atoms with Crippen LogP contribution in [0.2, 0.25) is 5.02 Å². The third-order valence-electron chi connectivity index (χ3n) is 4.17. The van der Waals surface area contributed by atoms with Crippen molar-refractivity contribution in [2.45, 2.75) is 19.8 Å². The van der Waals surface area contributed by atoms with Gasteiger partial charge in [0.25, 0.3) is 5.91 Å².